The minimum absolute atomic E-state index is 0.0565. The molecule has 122 valence electrons. The van der Waals surface area contributed by atoms with Crippen LogP contribution in [0.3, 0.4) is 0 Å². The van der Waals surface area contributed by atoms with Gasteiger partial charge in [0.25, 0.3) is 5.69 Å². The van der Waals surface area contributed by atoms with Gasteiger partial charge in [-0.25, -0.2) is 0 Å². The number of carbonyl (C=O) groups excluding carboxylic acids is 1. The van der Waals surface area contributed by atoms with Gasteiger partial charge in [0.2, 0.25) is 5.91 Å². The largest absolute Gasteiger partial charge is 0.314 e. The maximum atomic E-state index is 13.1. The number of nitro benzene ring substituents is 1. The molecule has 2 atom stereocenters. The summed E-state index contributed by atoms with van der Waals surface area (Å²) < 4.78 is 0. The van der Waals surface area contributed by atoms with E-state index in [2.05, 4.69) is 5.32 Å². The van der Waals surface area contributed by atoms with E-state index in [1.165, 1.54) is 12.1 Å². The van der Waals surface area contributed by atoms with Gasteiger partial charge >= 0.3 is 0 Å². The van der Waals surface area contributed by atoms with E-state index >= 15 is 0 Å². The number of para-hydroxylation sites is 1. The maximum absolute atomic E-state index is 13.1. The standard InChI is InChI=1S/C18H17N3O3/c1-20-15-5-3-2-4-14(15)18(17(20)22)10-11-19-16(18)12-6-8-13(9-7-12)21(23)24/h2-9,16,19H,10-11H2,1H3/t16-,18+/m1/s1. The van der Waals surface area contributed by atoms with E-state index < -0.39 is 10.3 Å². The number of rotatable bonds is 2. The number of benzene rings is 2. The Labute approximate surface area is 139 Å². The van der Waals surface area contributed by atoms with Crippen LogP contribution in [0, 0.1) is 10.1 Å². The summed E-state index contributed by atoms with van der Waals surface area (Å²) in [6.45, 7) is 0.732. The van der Waals surface area contributed by atoms with Crippen molar-refractivity contribution in [3.8, 4) is 0 Å². The number of carbonyl (C=O) groups is 1. The van der Waals surface area contributed by atoms with Crippen molar-refractivity contribution >= 4 is 17.3 Å². The minimum atomic E-state index is -0.637. The molecule has 1 fully saturated rings. The first-order chi connectivity index (χ1) is 11.6. The zero-order valence-electron chi connectivity index (χ0n) is 13.2. The van der Waals surface area contributed by atoms with Crippen LogP contribution in [-0.2, 0) is 10.2 Å². The smallest absolute Gasteiger partial charge is 0.269 e. The molecule has 4 rings (SSSR count). The Kier molecular flexibility index (Phi) is 3.18. The zero-order valence-corrected chi connectivity index (χ0v) is 13.2. The van der Waals surface area contributed by atoms with Crippen molar-refractivity contribution in [3.05, 3.63) is 69.8 Å². The van der Waals surface area contributed by atoms with Gasteiger partial charge in [0.15, 0.2) is 0 Å². The van der Waals surface area contributed by atoms with Gasteiger partial charge in [0.1, 0.15) is 0 Å². The van der Waals surface area contributed by atoms with Crippen molar-refractivity contribution in [2.75, 3.05) is 18.5 Å². The molecule has 2 aliphatic heterocycles. The van der Waals surface area contributed by atoms with Crippen LogP contribution in [0.4, 0.5) is 11.4 Å². The summed E-state index contributed by atoms with van der Waals surface area (Å²) in [5.74, 6) is 0.0806. The Balaban J connectivity index is 1.83. The van der Waals surface area contributed by atoms with Crippen LogP contribution >= 0.6 is 0 Å². The fourth-order valence-corrected chi connectivity index (χ4v) is 4.11. The zero-order chi connectivity index (χ0) is 16.9. The molecule has 0 aromatic heterocycles. The lowest BCUT2D eigenvalue weighted by molar-refractivity contribution is -0.384. The number of nitro groups is 1. The summed E-state index contributed by atoms with van der Waals surface area (Å²) in [5.41, 5.74) is 2.29. The highest BCUT2D eigenvalue weighted by Gasteiger charge is 2.57. The number of hydrogen-bond donors (Lipinski definition) is 1. The van der Waals surface area contributed by atoms with E-state index in [1.54, 1.807) is 24.1 Å². The summed E-state index contributed by atoms with van der Waals surface area (Å²) in [7, 11) is 1.81. The van der Waals surface area contributed by atoms with Crippen molar-refractivity contribution in [1.82, 2.24) is 5.32 Å². The lowest BCUT2D eigenvalue weighted by Crippen LogP contribution is -2.42. The average molecular weight is 323 g/mol. The molecule has 1 spiro atoms. The monoisotopic (exact) mass is 323 g/mol. The lowest BCUT2D eigenvalue weighted by atomic mass is 9.73. The van der Waals surface area contributed by atoms with Gasteiger partial charge in [-0.3, -0.25) is 14.9 Å². The van der Waals surface area contributed by atoms with E-state index in [0.717, 1.165) is 29.8 Å². The van der Waals surface area contributed by atoms with Crippen LogP contribution in [-0.4, -0.2) is 24.4 Å². The second kappa shape index (κ2) is 5.14. The molecular formula is C18H17N3O3. The molecule has 0 unspecified atom stereocenters. The number of nitrogens with zero attached hydrogens (tertiary/aromatic N) is 2. The summed E-state index contributed by atoms with van der Waals surface area (Å²) >= 11 is 0. The van der Waals surface area contributed by atoms with E-state index in [9.17, 15) is 14.9 Å². The highest BCUT2D eigenvalue weighted by molar-refractivity contribution is 6.08. The van der Waals surface area contributed by atoms with Crippen LogP contribution in [0.15, 0.2) is 48.5 Å². The first-order valence-corrected chi connectivity index (χ1v) is 7.91. The molecule has 0 saturated carbocycles. The van der Waals surface area contributed by atoms with Crippen molar-refractivity contribution in [1.29, 1.82) is 0 Å². The Hall–Kier alpha value is -2.73. The number of anilines is 1. The summed E-state index contributed by atoms with van der Waals surface area (Å²) in [5, 5.41) is 14.3. The number of hydrogen-bond acceptors (Lipinski definition) is 4. The number of fused-ring (bicyclic) bond motifs is 2. The van der Waals surface area contributed by atoms with Crippen LogP contribution in [0.2, 0.25) is 0 Å². The topological polar surface area (TPSA) is 75.5 Å². The summed E-state index contributed by atoms with van der Waals surface area (Å²) in [6.07, 6.45) is 0.717. The van der Waals surface area contributed by atoms with Gasteiger partial charge in [-0.15, -0.1) is 0 Å². The Morgan fingerprint density at radius 3 is 2.62 bits per heavy atom. The van der Waals surface area contributed by atoms with Gasteiger partial charge in [-0.1, -0.05) is 30.3 Å². The Bertz CT molecular complexity index is 834. The van der Waals surface area contributed by atoms with Crippen LogP contribution in [0.25, 0.3) is 0 Å². The van der Waals surface area contributed by atoms with Crippen molar-refractivity contribution in [2.24, 2.45) is 0 Å². The number of likely N-dealkylation sites (N-methyl/N-ethyl adjacent to an activating group) is 1. The van der Waals surface area contributed by atoms with Crippen LogP contribution in [0.1, 0.15) is 23.6 Å². The molecule has 1 saturated heterocycles. The third-order valence-electron chi connectivity index (χ3n) is 5.23. The molecule has 1 N–H and O–H groups in total. The molecule has 2 aliphatic rings. The van der Waals surface area contributed by atoms with Crippen LogP contribution < -0.4 is 10.2 Å². The highest BCUT2D eigenvalue weighted by Crippen LogP contribution is 2.52. The SMILES string of the molecule is CN1C(=O)[C@@]2(CCN[C@@H]2c2ccc([N+](=O)[O-])cc2)c2ccccc21. The molecule has 0 bridgehead atoms. The molecular weight excluding hydrogens is 306 g/mol. The lowest BCUT2D eigenvalue weighted by Gasteiger charge is -2.30. The fourth-order valence-electron chi connectivity index (χ4n) is 4.11. The van der Waals surface area contributed by atoms with Gasteiger partial charge in [0, 0.05) is 24.9 Å². The average Bonchev–Trinajstić information content (AvgIpc) is 3.13. The summed E-state index contributed by atoms with van der Waals surface area (Å²) in [4.78, 5) is 25.3. The van der Waals surface area contributed by atoms with E-state index in [1.807, 2.05) is 24.3 Å². The Morgan fingerprint density at radius 2 is 1.92 bits per heavy atom. The number of non-ortho nitro benzene ring substituents is 1. The second-order valence-electron chi connectivity index (χ2n) is 6.34. The normalized spacial score (nSPS) is 25.3. The first kappa shape index (κ1) is 14.8. The van der Waals surface area contributed by atoms with Crippen LogP contribution in [0.5, 0.6) is 0 Å². The predicted octanol–water partition coefficient (Wildman–Crippen LogP) is 2.54. The summed E-state index contributed by atoms with van der Waals surface area (Å²) in [6, 6.07) is 14.2. The molecule has 24 heavy (non-hydrogen) atoms. The van der Waals surface area contributed by atoms with E-state index in [0.29, 0.717) is 0 Å². The van der Waals surface area contributed by atoms with E-state index in [-0.39, 0.29) is 17.6 Å². The molecule has 6 nitrogen and oxygen atoms in total. The minimum Gasteiger partial charge on any atom is -0.314 e. The third-order valence-corrected chi connectivity index (χ3v) is 5.23. The molecule has 2 heterocycles. The number of amides is 1. The van der Waals surface area contributed by atoms with E-state index in [4.69, 9.17) is 0 Å². The fraction of sp³-hybridized carbons (Fsp3) is 0.278. The second-order valence-corrected chi connectivity index (χ2v) is 6.34. The third kappa shape index (κ3) is 1.83. The maximum Gasteiger partial charge on any atom is 0.269 e. The molecule has 0 aliphatic carbocycles. The van der Waals surface area contributed by atoms with Gasteiger partial charge in [-0.2, -0.15) is 0 Å². The molecule has 1 amide bonds. The Morgan fingerprint density at radius 1 is 1.21 bits per heavy atom. The van der Waals surface area contributed by atoms with Crippen molar-refractivity contribution < 1.29 is 9.72 Å². The molecule has 0 radical (unpaired) electrons. The molecule has 6 heteroatoms. The van der Waals surface area contributed by atoms with Gasteiger partial charge in [-0.05, 0) is 30.2 Å². The quantitative estimate of drug-likeness (QED) is 0.681. The van der Waals surface area contributed by atoms with Gasteiger partial charge < -0.3 is 10.2 Å². The predicted molar refractivity (Wildman–Crippen MR) is 90.0 cm³/mol. The number of nitrogens with one attached hydrogen (secondary N) is 1. The first-order valence-electron chi connectivity index (χ1n) is 7.91. The van der Waals surface area contributed by atoms with Crippen molar-refractivity contribution in [3.63, 3.8) is 0 Å². The van der Waals surface area contributed by atoms with Gasteiger partial charge in [0.05, 0.1) is 16.4 Å². The van der Waals surface area contributed by atoms with Crippen molar-refractivity contribution in [2.45, 2.75) is 17.9 Å². The molecule has 2 aromatic rings. The molecule has 2 aromatic carbocycles. The highest BCUT2D eigenvalue weighted by atomic mass is 16.6.